The second-order valence-electron chi connectivity index (χ2n) is 3.98. The predicted molar refractivity (Wildman–Crippen MR) is 50.9 cm³/mol. The van der Waals surface area contributed by atoms with E-state index in [4.69, 9.17) is 0 Å². The molecule has 1 nitrogen and oxygen atoms in total. The zero-order valence-corrected chi connectivity index (χ0v) is 8.06. The van der Waals surface area contributed by atoms with Gasteiger partial charge in [0.25, 0.3) is 0 Å². The van der Waals surface area contributed by atoms with Gasteiger partial charge in [0.2, 0.25) is 0 Å². The second-order valence-corrected chi connectivity index (χ2v) is 3.98. The normalized spacial score (nSPS) is 26.8. The zero-order chi connectivity index (χ0) is 10.1. The average Bonchev–Trinajstić information content (AvgIpc) is 2.57. The Morgan fingerprint density at radius 3 is 2.64 bits per heavy atom. The lowest BCUT2D eigenvalue weighted by molar-refractivity contribution is 0.503. The summed E-state index contributed by atoms with van der Waals surface area (Å²) in [5.74, 6) is -0.934. The number of hydrogen-bond donors (Lipinski definition) is 1. The van der Waals surface area contributed by atoms with E-state index in [2.05, 4.69) is 12.2 Å². The maximum atomic E-state index is 12.9. The van der Waals surface area contributed by atoms with Gasteiger partial charge in [-0.2, -0.15) is 0 Å². The Bertz CT molecular complexity index is 338. The molecule has 0 amide bonds. The van der Waals surface area contributed by atoms with E-state index in [-0.39, 0.29) is 6.04 Å². The highest BCUT2D eigenvalue weighted by Crippen LogP contribution is 2.27. The summed E-state index contributed by atoms with van der Waals surface area (Å²) in [4.78, 5) is 0. The molecular formula is C11H13F2N. The third-order valence-corrected chi connectivity index (χ3v) is 2.70. The minimum atomic E-state index is -0.778. The Morgan fingerprint density at radius 1 is 1.29 bits per heavy atom. The molecule has 1 aliphatic heterocycles. The van der Waals surface area contributed by atoms with Crippen molar-refractivity contribution in [3.8, 4) is 0 Å². The lowest BCUT2D eigenvalue weighted by atomic mass is 10.0. The first-order chi connectivity index (χ1) is 6.66. The summed E-state index contributed by atoms with van der Waals surface area (Å²) >= 11 is 0. The van der Waals surface area contributed by atoms with Crippen molar-refractivity contribution in [2.45, 2.75) is 19.4 Å². The first-order valence-corrected chi connectivity index (χ1v) is 4.85. The van der Waals surface area contributed by atoms with Crippen LogP contribution in [0.4, 0.5) is 8.78 Å². The average molecular weight is 197 g/mol. The third kappa shape index (κ3) is 1.77. The van der Waals surface area contributed by atoms with Crippen LogP contribution in [-0.2, 0) is 0 Å². The molecule has 2 unspecified atom stereocenters. The van der Waals surface area contributed by atoms with E-state index in [0.29, 0.717) is 5.92 Å². The molecule has 14 heavy (non-hydrogen) atoms. The van der Waals surface area contributed by atoms with Crippen LogP contribution in [0.3, 0.4) is 0 Å². The molecule has 3 heteroatoms. The lowest BCUT2D eigenvalue weighted by Crippen LogP contribution is -2.13. The molecule has 1 aromatic rings. The molecule has 1 fully saturated rings. The van der Waals surface area contributed by atoms with Crippen molar-refractivity contribution >= 4 is 0 Å². The molecule has 0 aromatic heterocycles. The minimum Gasteiger partial charge on any atom is -0.310 e. The van der Waals surface area contributed by atoms with Crippen LogP contribution in [0.2, 0.25) is 0 Å². The molecule has 1 saturated heterocycles. The number of benzene rings is 1. The fourth-order valence-corrected chi connectivity index (χ4v) is 1.90. The van der Waals surface area contributed by atoms with Crippen molar-refractivity contribution in [2.24, 2.45) is 5.92 Å². The molecule has 1 aromatic carbocycles. The van der Waals surface area contributed by atoms with Crippen molar-refractivity contribution in [2.75, 3.05) is 6.54 Å². The highest BCUT2D eigenvalue weighted by Gasteiger charge is 2.22. The SMILES string of the molecule is CC1CNC(c2ccc(F)c(F)c2)C1. The van der Waals surface area contributed by atoms with E-state index in [1.54, 1.807) is 6.07 Å². The molecule has 76 valence electrons. The topological polar surface area (TPSA) is 12.0 Å². The van der Waals surface area contributed by atoms with Gasteiger partial charge in [0, 0.05) is 6.04 Å². The van der Waals surface area contributed by atoms with Crippen LogP contribution in [0.15, 0.2) is 18.2 Å². The molecule has 2 atom stereocenters. The van der Waals surface area contributed by atoms with Crippen LogP contribution < -0.4 is 5.32 Å². The molecule has 1 aliphatic rings. The summed E-state index contributed by atoms with van der Waals surface area (Å²) in [6.07, 6.45) is 0.991. The monoisotopic (exact) mass is 197 g/mol. The molecule has 0 bridgehead atoms. The van der Waals surface area contributed by atoms with Gasteiger partial charge in [-0.25, -0.2) is 8.78 Å². The first-order valence-electron chi connectivity index (χ1n) is 4.85. The smallest absolute Gasteiger partial charge is 0.159 e. The zero-order valence-electron chi connectivity index (χ0n) is 8.06. The van der Waals surface area contributed by atoms with Crippen LogP contribution >= 0.6 is 0 Å². The quantitative estimate of drug-likeness (QED) is 0.729. The van der Waals surface area contributed by atoms with Gasteiger partial charge >= 0.3 is 0 Å². The van der Waals surface area contributed by atoms with Crippen molar-refractivity contribution in [3.05, 3.63) is 35.4 Å². The van der Waals surface area contributed by atoms with Crippen molar-refractivity contribution in [3.63, 3.8) is 0 Å². The molecule has 1 N–H and O–H groups in total. The number of nitrogens with one attached hydrogen (secondary N) is 1. The van der Waals surface area contributed by atoms with Crippen LogP contribution in [0.1, 0.15) is 24.9 Å². The largest absolute Gasteiger partial charge is 0.310 e. The molecule has 1 heterocycles. The molecule has 0 spiro atoms. The Kier molecular flexibility index (Phi) is 2.50. The van der Waals surface area contributed by atoms with Gasteiger partial charge in [0.1, 0.15) is 0 Å². The summed E-state index contributed by atoms with van der Waals surface area (Å²) in [6.45, 7) is 3.09. The summed E-state index contributed by atoms with van der Waals surface area (Å²) in [7, 11) is 0. The lowest BCUT2D eigenvalue weighted by Gasteiger charge is -2.10. The van der Waals surface area contributed by atoms with Gasteiger partial charge in [0.15, 0.2) is 11.6 Å². The number of rotatable bonds is 1. The Balaban J connectivity index is 2.20. The maximum absolute atomic E-state index is 12.9. The van der Waals surface area contributed by atoms with Gasteiger partial charge < -0.3 is 5.32 Å². The molecule has 0 saturated carbocycles. The van der Waals surface area contributed by atoms with Gasteiger partial charge in [-0.1, -0.05) is 13.0 Å². The molecule has 0 radical (unpaired) electrons. The van der Waals surface area contributed by atoms with Gasteiger partial charge in [-0.3, -0.25) is 0 Å². The Morgan fingerprint density at radius 2 is 2.07 bits per heavy atom. The van der Waals surface area contributed by atoms with Crippen molar-refractivity contribution in [1.82, 2.24) is 5.32 Å². The predicted octanol–water partition coefficient (Wildman–Crippen LogP) is 2.64. The fraction of sp³-hybridized carbons (Fsp3) is 0.455. The number of halogens is 2. The summed E-state index contributed by atoms with van der Waals surface area (Å²) in [5, 5.41) is 3.28. The van der Waals surface area contributed by atoms with Crippen LogP contribution in [0.5, 0.6) is 0 Å². The second kappa shape index (κ2) is 3.65. The Hall–Kier alpha value is -0.960. The maximum Gasteiger partial charge on any atom is 0.159 e. The van der Waals surface area contributed by atoms with Crippen LogP contribution in [-0.4, -0.2) is 6.54 Å². The minimum absolute atomic E-state index is 0.181. The van der Waals surface area contributed by atoms with Crippen molar-refractivity contribution in [1.29, 1.82) is 0 Å². The highest BCUT2D eigenvalue weighted by molar-refractivity contribution is 5.22. The molecular weight excluding hydrogens is 184 g/mol. The van der Waals surface area contributed by atoms with E-state index in [9.17, 15) is 8.78 Å². The summed E-state index contributed by atoms with van der Waals surface area (Å²) < 4.78 is 25.6. The van der Waals surface area contributed by atoms with Crippen LogP contribution in [0, 0.1) is 17.6 Å². The Labute approximate surface area is 82.1 Å². The third-order valence-electron chi connectivity index (χ3n) is 2.70. The standard InChI is InChI=1S/C11H13F2N/c1-7-4-11(14-6-7)8-2-3-9(12)10(13)5-8/h2-3,5,7,11,14H,4,6H2,1H3. The van der Waals surface area contributed by atoms with Crippen molar-refractivity contribution < 1.29 is 8.78 Å². The first kappa shape index (κ1) is 9.59. The van der Waals surface area contributed by atoms with E-state index in [1.807, 2.05) is 0 Å². The van der Waals surface area contributed by atoms with E-state index in [1.165, 1.54) is 12.1 Å². The number of hydrogen-bond acceptors (Lipinski definition) is 1. The van der Waals surface area contributed by atoms with Gasteiger partial charge in [-0.15, -0.1) is 0 Å². The molecule has 0 aliphatic carbocycles. The summed E-state index contributed by atoms with van der Waals surface area (Å²) in [5.41, 5.74) is 0.841. The van der Waals surface area contributed by atoms with E-state index < -0.39 is 11.6 Å². The van der Waals surface area contributed by atoms with E-state index in [0.717, 1.165) is 18.5 Å². The fourth-order valence-electron chi connectivity index (χ4n) is 1.90. The van der Waals surface area contributed by atoms with Gasteiger partial charge in [0.05, 0.1) is 0 Å². The van der Waals surface area contributed by atoms with E-state index >= 15 is 0 Å². The molecule has 2 rings (SSSR count). The van der Waals surface area contributed by atoms with Crippen LogP contribution in [0.25, 0.3) is 0 Å². The summed E-state index contributed by atoms with van der Waals surface area (Å²) in [6, 6.07) is 4.30. The van der Waals surface area contributed by atoms with Gasteiger partial charge in [-0.05, 0) is 36.6 Å². The highest BCUT2D eigenvalue weighted by atomic mass is 19.2.